The number of H-pyrrole nitrogens is 1. The standard InChI is InChI=1S/C35H42N2O11/c1-7-46-35(40)48-31-26(42-3)12-18(13-27(31)43-4)33(38)47-28-14-19-17-37-11-10-22-21-9-8-20(41-2)15-24(21)36-30(22)25(37)16-23(19)29(32(28)44-5)34(39)45-6/h8-9,12-13,15,19,23,25,28-29,32,36H,7,10-11,14,16-17H2,1-6H3/t19-,23+,25-,28?,29?,32?/m0/s1. The second-order valence-corrected chi connectivity index (χ2v) is 12.3. The van der Waals surface area contributed by atoms with Gasteiger partial charge < -0.3 is 42.9 Å². The number of carbonyl (C=O) groups excluding carboxylic acids is 3. The molecule has 258 valence electrons. The molecule has 3 aromatic rings. The summed E-state index contributed by atoms with van der Waals surface area (Å²) in [5, 5.41) is 1.19. The summed E-state index contributed by atoms with van der Waals surface area (Å²) in [6.07, 6.45) is -0.298. The predicted octanol–water partition coefficient (Wildman–Crippen LogP) is 4.70. The van der Waals surface area contributed by atoms with E-state index in [1.807, 2.05) is 12.1 Å². The highest BCUT2D eigenvalue weighted by Crippen LogP contribution is 2.51. The van der Waals surface area contributed by atoms with Gasteiger partial charge in [-0.1, -0.05) is 0 Å². The monoisotopic (exact) mass is 666 g/mol. The van der Waals surface area contributed by atoms with Crippen molar-refractivity contribution in [2.45, 2.75) is 44.4 Å². The summed E-state index contributed by atoms with van der Waals surface area (Å²) in [6, 6.07) is 9.00. The molecule has 6 rings (SSSR count). The molecule has 0 radical (unpaired) electrons. The van der Waals surface area contributed by atoms with Gasteiger partial charge in [0.05, 0.1) is 52.6 Å². The molecule has 1 saturated heterocycles. The highest BCUT2D eigenvalue weighted by Gasteiger charge is 2.54. The van der Waals surface area contributed by atoms with Crippen molar-refractivity contribution in [1.82, 2.24) is 9.88 Å². The molecule has 2 aromatic carbocycles. The Morgan fingerprint density at radius 1 is 0.958 bits per heavy atom. The van der Waals surface area contributed by atoms with E-state index in [0.717, 1.165) is 37.2 Å². The first kappa shape index (κ1) is 33.4. The van der Waals surface area contributed by atoms with Gasteiger partial charge in [0, 0.05) is 42.9 Å². The summed E-state index contributed by atoms with van der Waals surface area (Å²) in [4.78, 5) is 45.3. The number of nitrogens with one attached hydrogen (secondary N) is 1. The number of esters is 2. The van der Waals surface area contributed by atoms with Crippen LogP contribution in [-0.4, -0.2) is 95.4 Å². The zero-order valence-corrected chi connectivity index (χ0v) is 28.0. The molecule has 13 heteroatoms. The number of aromatic amines is 1. The molecule has 3 heterocycles. The molecule has 2 aliphatic heterocycles. The summed E-state index contributed by atoms with van der Waals surface area (Å²) in [5.41, 5.74) is 3.62. The summed E-state index contributed by atoms with van der Waals surface area (Å²) in [6.45, 7) is 3.37. The summed E-state index contributed by atoms with van der Waals surface area (Å²) in [7, 11) is 7.30. The zero-order valence-electron chi connectivity index (χ0n) is 28.0. The first-order valence-corrected chi connectivity index (χ1v) is 16.1. The maximum atomic E-state index is 13.7. The molecule has 3 aliphatic rings. The fourth-order valence-corrected chi connectivity index (χ4v) is 7.89. The van der Waals surface area contributed by atoms with E-state index in [-0.39, 0.29) is 47.3 Å². The Hall–Kier alpha value is -4.49. The summed E-state index contributed by atoms with van der Waals surface area (Å²) >= 11 is 0. The van der Waals surface area contributed by atoms with Crippen molar-refractivity contribution < 1.29 is 52.3 Å². The van der Waals surface area contributed by atoms with Gasteiger partial charge in [0.15, 0.2) is 11.5 Å². The number of fused-ring (bicyclic) bond motifs is 6. The topological polar surface area (TPSA) is 144 Å². The van der Waals surface area contributed by atoms with Crippen molar-refractivity contribution >= 4 is 29.0 Å². The van der Waals surface area contributed by atoms with Gasteiger partial charge in [-0.05, 0) is 67.9 Å². The van der Waals surface area contributed by atoms with Crippen LogP contribution in [0.15, 0.2) is 30.3 Å². The van der Waals surface area contributed by atoms with Gasteiger partial charge >= 0.3 is 18.1 Å². The van der Waals surface area contributed by atoms with Gasteiger partial charge in [0.2, 0.25) is 5.75 Å². The Labute approximate surface area is 278 Å². The predicted molar refractivity (Wildman–Crippen MR) is 172 cm³/mol. The van der Waals surface area contributed by atoms with Crippen LogP contribution < -0.4 is 18.9 Å². The lowest BCUT2D eigenvalue weighted by molar-refractivity contribution is -0.176. The molecule has 0 bridgehead atoms. The van der Waals surface area contributed by atoms with E-state index in [1.54, 1.807) is 14.0 Å². The van der Waals surface area contributed by atoms with Gasteiger partial charge in [-0.2, -0.15) is 0 Å². The van der Waals surface area contributed by atoms with Crippen LogP contribution in [0.5, 0.6) is 23.0 Å². The van der Waals surface area contributed by atoms with Crippen molar-refractivity contribution in [3.05, 3.63) is 47.2 Å². The molecule has 3 unspecified atom stereocenters. The molecular formula is C35H42N2O11. The van der Waals surface area contributed by atoms with Crippen LogP contribution in [0.2, 0.25) is 0 Å². The van der Waals surface area contributed by atoms with Crippen LogP contribution in [0.3, 0.4) is 0 Å². The lowest BCUT2D eigenvalue weighted by Crippen LogP contribution is -2.58. The van der Waals surface area contributed by atoms with Crippen molar-refractivity contribution in [2.75, 3.05) is 55.2 Å². The second-order valence-electron chi connectivity index (χ2n) is 12.3. The van der Waals surface area contributed by atoms with Gasteiger partial charge in [-0.15, -0.1) is 0 Å². The van der Waals surface area contributed by atoms with Crippen molar-refractivity contribution in [3.63, 3.8) is 0 Å². The van der Waals surface area contributed by atoms with Crippen molar-refractivity contribution in [1.29, 1.82) is 0 Å². The van der Waals surface area contributed by atoms with Gasteiger partial charge in [-0.3, -0.25) is 9.69 Å². The minimum absolute atomic E-state index is 0.0356. The molecule has 6 atom stereocenters. The van der Waals surface area contributed by atoms with E-state index in [9.17, 15) is 14.4 Å². The number of nitrogens with zero attached hydrogens (tertiary/aromatic N) is 1. The number of methoxy groups -OCH3 is 5. The molecule has 13 nitrogen and oxygen atoms in total. The third-order valence-electron chi connectivity index (χ3n) is 10.0. The number of ether oxygens (including phenoxy) is 8. The number of hydrogen-bond donors (Lipinski definition) is 1. The molecule has 2 fully saturated rings. The highest BCUT2D eigenvalue weighted by molar-refractivity contribution is 5.92. The largest absolute Gasteiger partial charge is 0.514 e. The number of carbonyl (C=O) groups is 3. The number of aromatic nitrogens is 1. The molecule has 1 saturated carbocycles. The summed E-state index contributed by atoms with van der Waals surface area (Å²) in [5.74, 6) is -0.833. The third kappa shape index (κ3) is 6.00. The molecule has 1 aliphatic carbocycles. The maximum absolute atomic E-state index is 13.7. The average molecular weight is 667 g/mol. The van der Waals surface area contributed by atoms with E-state index in [2.05, 4.69) is 16.0 Å². The first-order valence-electron chi connectivity index (χ1n) is 16.1. The number of benzene rings is 2. The van der Waals surface area contributed by atoms with E-state index in [1.165, 1.54) is 57.2 Å². The lowest BCUT2D eigenvalue weighted by atomic mass is 9.63. The molecule has 1 N–H and O–H groups in total. The Balaban J connectivity index is 1.27. The van der Waals surface area contributed by atoms with E-state index in [4.69, 9.17) is 37.9 Å². The fourth-order valence-electron chi connectivity index (χ4n) is 7.89. The van der Waals surface area contributed by atoms with Crippen LogP contribution in [-0.2, 0) is 30.2 Å². The van der Waals surface area contributed by atoms with Crippen molar-refractivity contribution in [3.8, 4) is 23.0 Å². The molecule has 48 heavy (non-hydrogen) atoms. The zero-order chi connectivity index (χ0) is 34.1. The Bertz CT molecular complexity index is 1660. The number of piperidine rings is 1. The SMILES string of the molecule is CCOC(=O)Oc1c(OC)cc(C(=O)OC2C[C@H]3CN4CCc5c([nH]c6cc(OC)ccc56)[C@@H]4C[C@H]3C(C(=O)OC)C2OC)cc1OC. The highest BCUT2D eigenvalue weighted by atomic mass is 16.7. The Morgan fingerprint density at radius 2 is 1.71 bits per heavy atom. The van der Waals surface area contributed by atoms with Crippen LogP contribution in [0.1, 0.15) is 47.4 Å². The average Bonchev–Trinajstić information content (AvgIpc) is 3.48. The number of rotatable bonds is 9. The summed E-state index contributed by atoms with van der Waals surface area (Å²) < 4.78 is 43.8. The molecule has 0 amide bonds. The van der Waals surface area contributed by atoms with Crippen LogP contribution in [0.25, 0.3) is 10.9 Å². The Kier molecular flexibility index (Phi) is 9.70. The van der Waals surface area contributed by atoms with Gasteiger partial charge in [-0.25, -0.2) is 9.59 Å². The normalized spacial score (nSPS) is 24.8. The van der Waals surface area contributed by atoms with E-state index < -0.39 is 36.2 Å². The lowest BCUT2D eigenvalue weighted by Gasteiger charge is -2.52. The number of hydrogen-bond acceptors (Lipinski definition) is 12. The van der Waals surface area contributed by atoms with Crippen molar-refractivity contribution in [2.24, 2.45) is 17.8 Å². The van der Waals surface area contributed by atoms with E-state index in [0.29, 0.717) is 6.42 Å². The fraction of sp³-hybridized carbons (Fsp3) is 0.514. The van der Waals surface area contributed by atoms with Crippen LogP contribution in [0, 0.1) is 17.8 Å². The molecular weight excluding hydrogens is 624 g/mol. The molecule has 1 aromatic heterocycles. The van der Waals surface area contributed by atoms with E-state index >= 15 is 0 Å². The quantitative estimate of drug-likeness (QED) is 0.192. The minimum Gasteiger partial charge on any atom is -0.497 e. The first-order chi connectivity index (χ1) is 23.2. The smallest absolute Gasteiger partial charge is 0.497 e. The van der Waals surface area contributed by atoms with Gasteiger partial charge in [0.1, 0.15) is 18.0 Å². The van der Waals surface area contributed by atoms with Crippen LogP contribution >= 0.6 is 0 Å². The second kappa shape index (κ2) is 13.9. The van der Waals surface area contributed by atoms with Gasteiger partial charge in [0.25, 0.3) is 0 Å². The third-order valence-corrected chi connectivity index (χ3v) is 10.0. The molecule has 0 spiro atoms. The maximum Gasteiger partial charge on any atom is 0.514 e. The minimum atomic E-state index is -0.942. The van der Waals surface area contributed by atoms with Crippen LogP contribution in [0.4, 0.5) is 4.79 Å². The Morgan fingerprint density at radius 3 is 2.35 bits per heavy atom.